The Labute approximate surface area is 324 Å². The quantitative estimate of drug-likeness (QED) is 0.0270. The van der Waals surface area contributed by atoms with Crippen molar-refractivity contribution in [3.8, 4) is 0 Å². The molecule has 0 aliphatic heterocycles. The van der Waals surface area contributed by atoms with Gasteiger partial charge in [0.05, 0.1) is 38.0 Å². The Morgan fingerprint density at radius 1 is 0.750 bits per heavy atom. The largest absolute Gasteiger partial charge is 0.481 e. The van der Waals surface area contributed by atoms with Crippen LogP contribution in [0.5, 0.6) is 0 Å². The van der Waals surface area contributed by atoms with Crippen LogP contribution in [-0.4, -0.2) is 170 Å². The predicted octanol–water partition coefficient (Wildman–Crippen LogP) is -6.96. The average Bonchev–Trinajstić information content (AvgIpc) is 3.10. The van der Waals surface area contributed by atoms with Crippen molar-refractivity contribution < 1.29 is 82.5 Å². The zero-order chi connectivity index (χ0) is 43.3. The number of nitrogens with one attached hydrogen (secondary N) is 7. The monoisotopic (exact) mass is 846 g/mol. The lowest BCUT2D eigenvalue weighted by molar-refractivity contribution is -0.139. The third-order valence-electron chi connectivity index (χ3n) is 7.27. The van der Waals surface area contributed by atoms with Crippen LogP contribution in [0.15, 0.2) is 0 Å². The molecule has 25 nitrogen and oxygen atoms in total. The van der Waals surface area contributed by atoms with Gasteiger partial charge in [0, 0.05) is 6.42 Å². The molecule has 0 saturated heterocycles. The number of aliphatic hydroxyl groups excluding tert-OH is 3. The summed E-state index contributed by atoms with van der Waals surface area (Å²) in [5, 5.41) is 53.6. The molecule has 0 bridgehead atoms. The van der Waals surface area contributed by atoms with Gasteiger partial charge in [0.25, 0.3) is 0 Å². The van der Waals surface area contributed by atoms with Crippen LogP contribution in [0.3, 0.4) is 0 Å². The summed E-state index contributed by atoms with van der Waals surface area (Å²) in [5.41, 5.74) is 5.47. The molecule has 0 aliphatic rings. The van der Waals surface area contributed by atoms with Crippen LogP contribution in [0.2, 0.25) is 0 Å². The van der Waals surface area contributed by atoms with Crippen molar-refractivity contribution in [3.05, 3.63) is 0 Å². The zero-order valence-electron chi connectivity index (χ0n) is 30.8. The SMILES string of the molecule is CSCC[C@H](NC(=O)[C@H](CO)NC(=O)[C@H](C)N)C(=O)N[C@@H](COP(=O)(O)O)C(=O)N[C@@H](CCC(=O)O)C(=O)N[C@H](C(=O)NCC(=O)N[C@H](C=O)[C@@H](C)O)[C@@H](C)O. The fourth-order valence-electron chi connectivity index (χ4n) is 4.15. The number of hydrogen-bond donors (Lipinski definition) is 14. The number of amides is 7. The Balaban J connectivity index is 6.28. The molecule has 0 fully saturated rings. The van der Waals surface area contributed by atoms with Gasteiger partial charge in [-0.25, -0.2) is 4.57 Å². The second-order valence-electron chi connectivity index (χ2n) is 12.1. The normalized spacial score (nSPS) is 16.1. The van der Waals surface area contributed by atoms with Crippen LogP contribution in [0, 0.1) is 0 Å². The van der Waals surface area contributed by atoms with Gasteiger partial charge in [0.15, 0.2) is 0 Å². The van der Waals surface area contributed by atoms with Gasteiger partial charge in [-0.05, 0) is 45.6 Å². The van der Waals surface area contributed by atoms with Gasteiger partial charge in [-0.1, -0.05) is 0 Å². The van der Waals surface area contributed by atoms with E-state index in [0.29, 0.717) is 0 Å². The summed E-state index contributed by atoms with van der Waals surface area (Å²) in [4.78, 5) is 131. The molecule has 0 heterocycles. The van der Waals surface area contributed by atoms with Gasteiger partial charge in [-0.15, -0.1) is 0 Å². The van der Waals surface area contributed by atoms with Crippen molar-refractivity contribution in [2.75, 3.05) is 31.8 Å². The molecule has 56 heavy (non-hydrogen) atoms. The number of carbonyl (C=O) groups excluding carboxylic acids is 8. The number of aldehydes is 1. The number of aliphatic hydroxyl groups is 3. The fraction of sp³-hybridized carbons (Fsp3) is 0.690. The second kappa shape index (κ2) is 25.8. The van der Waals surface area contributed by atoms with Gasteiger partial charge in [0.2, 0.25) is 41.4 Å². The van der Waals surface area contributed by atoms with Crippen LogP contribution in [0.1, 0.15) is 40.0 Å². The van der Waals surface area contributed by atoms with E-state index in [9.17, 15) is 77.9 Å². The maximum atomic E-state index is 13.5. The molecule has 0 aromatic rings. The minimum Gasteiger partial charge on any atom is -0.481 e. The van der Waals surface area contributed by atoms with Crippen molar-refractivity contribution in [1.29, 1.82) is 0 Å². The topological polar surface area (TPSA) is 412 Å². The highest BCUT2D eigenvalue weighted by Gasteiger charge is 2.35. The van der Waals surface area contributed by atoms with Crippen LogP contribution in [0.25, 0.3) is 0 Å². The molecule has 0 unspecified atom stereocenters. The number of aliphatic carboxylic acids is 1. The standard InChI is InChI=1S/C29H51N8O17PS/c1-13(30)24(45)35-19(11-39)27(48)34-17(7-8-56-4)25(46)36-20(12-54-55(51,52)53)28(49)33-16(5-6-22(43)44)26(47)37-23(15(3)41)29(50)31-9-21(42)32-18(10-38)14(2)40/h10,13-20,23,39-41H,5-9,11-12,30H2,1-4H3,(H,31,50)(H,32,42)(H,33,49)(H,34,48)(H,35,45)(H,36,46)(H,37,47)(H,43,44)(H2,51,52,53)/t13-,14+,15+,16-,17-,18+,19-,20-,23-/m0/s1. The molecule has 0 aliphatic carbocycles. The van der Waals surface area contributed by atoms with Gasteiger partial charge in [0.1, 0.15) is 42.5 Å². The van der Waals surface area contributed by atoms with Gasteiger partial charge in [-0.3, -0.25) is 42.9 Å². The summed E-state index contributed by atoms with van der Waals surface area (Å²) in [6.07, 6.45) is -2.65. The summed E-state index contributed by atoms with van der Waals surface area (Å²) in [6.45, 7) is 0.610. The van der Waals surface area contributed by atoms with Crippen LogP contribution in [-0.2, 0) is 52.2 Å². The van der Waals surface area contributed by atoms with Crippen LogP contribution < -0.4 is 43.0 Å². The van der Waals surface area contributed by atoms with Crippen molar-refractivity contribution in [3.63, 3.8) is 0 Å². The van der Waals surface area contributed by atoms with E-state index < -0.39 is 142 Å². The second-order valence-corrected chi connectivity index (χ2v) is 14.4. The molecule has 7 amide bonds. The summed E-state index contributed by atoms with van der Waals surface area (Å²) in [6, 6.07) is -11.2. The summed E-state index contributed by atoms with van der Waals surface area (Å²) in [5.74, 6) is -9.04. The number of carbonyl (C=O) groups is 9. The molecule has 0 aromatic heterocycles. The summed E-state index contributed by atoms with van der Waals surface area (Å²) in [7, 11) is -5.32. The third-order valence-corrected chi connectivity index (χ3v) is 8.40. The smallest absolute Gasteiger partial charge is 0.469 e. The minimum absolute atomic E-state index is 0.127. The molecule has 9 atom stereocenters. The fourth-order valence-corrected chi connectivity index (χ4v) is 4.97. The third kappa shape index (κ3) is 20.6. The first-order valence-electron chi connectivity index (χ1n) is 16.6. The number of carboxylic acids is 1. The van der Waals surface area contributed by atoms with Crippen molar-refractivity contribution in [1.82, 2.24) is 37.2 Å². The number of thioether (sulfide) groups is 1. The Morgan fingerprint density at radius 2 is 1.25 bits per heavy atom. The first kappa shape index (κ1) is 51.7. The van der Waals surface area contributed by atoms with Crippen molar-refractivity contribution in [2.24, 2.45) is 5.73 Å². The summed E-state index contributed by atoms with van der Waals surface area (Å²) >= 11 is 1.22. The Morgan fingerprint density at radius 3 is 1.71 bits per heavy atom. The zero-order valence-corrected chi connectivity index (χ0v) is 32.5. The Kier molecular flexibility index (Phi) is 23.8. The number of phosphoric acid groups is 1. The van der Waals surface area contributed by atoms with Gasteiger partial charge < -0.3 is 78.0 Å². The molecule has 320 valence electrons. The van der Waals surface area contributed by atoms with Crippen LogP contribution >= 0.6 is 19.6 Å². The van der Waals surface area contributed by atoms with Gasteiger partial charge >= 0.3 is 13.8 Å². The average molecular weight is 847 g/mol. The van der Waals surface area contributed by atoms with Crippen LogP contribution in [0.4, 0.5) is 0 Å². The first-order valence-corrected chi connectivity index (χ1v) is 19.6. The minimum atomic E-state index is -5.32. The lowest BCUT2D eigenvalue weighted by Crippen LogP contribution is -2.61. The maximum Gasteiger partial charge on any atom is 0.469 e. The highest BCUT2D eigenvalue weighted by Crippen LogP contribution is 2.35. The van der Waals surface area contributed by atoms with E-state index >= 15 is 0 Å². The first-order chi connectivity index (χ1) is 26.0. The number of nitrogens with two attached hydrogens (primary N) is 1. The van der Waals surface area contributed by atoms with E-state index in [1.54, 1.807) is 6.26 Å². The number of phosphoric ester groups is 1. The predicted molar refractivity (Wildman–Crippen MR) is 193 cm³/mol. The number of rotatable bonds is 27. The molecule has 0 spiro atoms. The highest BCUT2D eigenvalue weighted by molar-refractivity contribution is 7.98. The lowest BCUT2D eigenvalue weighted by atomic mass is 10.1. The van der Waals surface area contributed by atoms with E-state index in [4.69, 9.17) is 5.73 Å². The molecule has 15 N–H and O–H groups in total. The van der Waals surface area contributed by atoms with E-state index in [-0.39, 0.29) is 18.5 Å². The molecule has 27 heteroatoms. The summed E-state index contributed by atoms with van der Waals surface area (Å²) < 4.78 is 15.9. The van der Waals surface area contributed by atoms with E-state index in [1.807, 2.05) is 0 Å². The van der Waals surface area contributed by atoms with E-state index in [2.05, 4.69) is 41.7 Å². The number of carboxylic acid groups (broad SMARTS) is 1. The van der Waals surface area contributed by atoms with Crippen molar-refractivity contribution in [2.45, 2.75) is 94.5 Å². The Hall–Kier alpha value is -4.27. The highest BCUT2D eigenvalue weighted by atomic mass is 32.2. The molecule has 0 rings (SSSR count). The van der Waals surface area contributed by atoms with Crippen molar-refractivity contribution >= 4 is 73.2 Å². The lowest BCUT2D eigenvalue weighted by Gasteiger charge is -2.27. The molecule has 0 radical (unpaired) electrons. The molecular weight excluding hydrogens is 795 g/mol. The molecule has 0 saturated carbocycles. The van der Waals surface area contributed by atoms with E-state index in [0.717, 1.165) is 6.92 Å². The molecule has 0 aromatic carbocycles. The van der Waals surface area contributed by atoms with E-state index in [1.165, 1.54) is 25.6 Å². The Bertz CT molecular complexity index is 1430. The maximum absolute atomic E-state index is 13.5. The van der Waals surface area contributed by atoms with Gasteiger partial charge in [-0.2, -0.15) is 11.8 Å². The molecular formula is C29H51N8O17PS. The number of hydrogen-bond acceptors (Lipinski definition) is 16.